The third-order valence-electron chi connectivity index (χ3n) is 1.98. The summed E-state index contributed by atoms with van der Waals surface area (Å²) in [5.74, 6) is 0.402. The standard InChI is InChI=1S/C8H12N2O/c1-2-7(8(10)3-9)6-4-11-5-6/h6H,2,4-5,10H2,1H3. The van der Waals surface area contributed by atoms with Crippen molar-refractivity contribution in [2.24, 2.45) is 11.7 Å². The van der Waals surface area contributed by atoms with E-state index in [1.807, 2.05) is 13.0 Å². The van der Waals surface area contributed by atoms with E-state index in [1.54, 1.807) is 0 Å². The van der Waals surface area contributed by atoms with Crippen molar-refractivity contribution in [3.8, 4) is 6.07 Å². The zero-order chi connectivity index (χ0) is 8.27. The molecule has 1 saturated heterocycles. The molecule has 1 fully saturated rings. The SMILES string of the molecule is CCC(=C(N)C#N)C1COC1. The quantitative estimate of drug-likeness (QED) is 0.595. The molecule has 1 rings (SSSR count). The summed E-state index contributed by atoms with van der Waals surface area (Å²) in [6.45, 7) is 3.47. The molecule has 0 atom stereocenters. The van der Waals surface area contributed by atoms with Crippen LogP contribution in [0, 0.1) is 17.2 Å². The first-order valence-electron chi connectivity index (χ1n) is 3.76. The van der Waals surface area contributed by atoms with Gasteiger partial charge in [-0.15, -0.1) is 0 Å². The highest BCUT2D eigenvalue weighted by atomic mass is 16.5. The Kier molecular flexibility index (Phi) is 2.50. The average molecular weight is 152 g/mol. The lowest BCUT2D eigenvalue weighted by Crippen LogP contribution is -2.30. The van der Waals surface area contributed by atoms with Crippen LogP contribution in [-0.2, 0) is 4.74 Å². The Bertz CT molecular complexity index is 211. The Morgan fingerprint density at radius 2 is 2.36 bits per heavy atom. The molecule has 1 aliphatic heterocycles. The molecule has 1 aliphatic rings. The topological polar surface area (TPSA) is 59.0 Å². The van der Waals surface area contributed by atoms with Crippen molar-refractivity contribution in [1.82, 2.24) is 0 Å². The Morgan fingerprint density at radius 3 is 2.64 bits per heavy atom. The normalized spacial score (nSPS) is 20.0. The summed E-state index contributed by atoms with van der Waals surface area (Å²) < 4.78 is 5.01. The van der Waals surface area contributed by atoms with Gasteiger partial charge in [-0.1, -0.05) is 6.92 Å². The van der Waals surface area contributed by atoms with E-state index < -0.39 is 0 Å². The molecule has 0 amide bonds. The van der Waals surface area contributed by atoms with Crippen molar-refractivity contribution in [3.63, 3.8) is 0 Å². The molecule has 11 heavy (non-hydrogen) atoms. The zero-order valence-corrected chi connectivity index (χ0v) is 6.63. The van der Waals surface area contributed by atoms with E-state index in [1.165, 1.54) is 0 Å². The molecule has 0 unspecified atom stereocenters. The summed E-state index contributed by atoms with van der Waals surface area (Å²) in [7, 11) is 0. The number of ether oxygens (including phenoxy) is 1. The number of nitriles is 1. The van der Waals surface area contributed by atoms with Crippen molar-refractivity contribution >= 4 is 0 Å². The van der Waals surface area contributed by atoms with Crippen molar-refractivity contribution in [2.45, 2.75) is 13.3 Å². The number of nitrogens with two attached hydrogens (primary N) is 1. The van der Waals surface area contributed by atoms with Gasteiger partial charge in [0.25, 0.3) is 0 Å². The molecule has 0 spiro atoms. The molecule has 0 aromatic heterocycles. The zero-order valence-electron chi connectivity index (χ0n) is 6.63. The number of rotatable bonds is 2. The maximum absolute atomic E-state index is 8.53. The van der Waals surface area contributed by atoms with Crippen LogP contribution >= 0.6 is 0 Å². The molecular formula is C8H12N2O. The minimum Gasteiger partial charge on any atom is -0.390 e. The second kappa shape index (κ2) is 3.40. The minimum absolute atomic E-state index is 0.376. The third-order valence-corrected chi connectivity index (χ3v) is 1.98. The van der Waals surface area contributed by atoms with E-state index in [0.29, 0.717) is 11.6 Å². The molecular weight excluding hydrogens is 140 g/mol. The highest BCUT2D eigenvalue weighted by Crippen LogP contribution is 2.23. The number of allylic oxidation sites excluding steroid dienone is 1. The summed E-state index contributed by atoms with van der Waals surface area (Å²) in [5.41, 5.74) is 6.93. The third kappa shape index (κ3) is 1.52. The molecule has 1 heterocycles. The molecule has 60 valence electrons. The van der Waals surface area contributed by atoms with Crippen LogP contribution in [0.3, 0.4) is 0 Å². The van der Waals surface area contributed by atoms with Crippen molar-refractivity contribution in [1.29, 1.82) is 5.26 Å². The van der Waals surface area contributed by atoms with Crippen LogP contribution in [0.5, 0.6) is 0 Å². The highest BCUT2D eigenvalue weighted by Gasteiger charge is 2.23. The van der Waals surface area contributed by atoms with Gasteiger partial charge in [0.1, 0.15) is 11.8 Å². The Hall–Kier alpha value is -1.01. The van der Waals surface area contributed by atoms with Gasteiger partial charge in [-0.2, -0.15) is 5.26 Å². The highest BCUT2D eigenvalue weighted by molar-refractivity contribution is 5.27. The fourth-order valence-corrected chi connectivity index (χ4v) is 1.21. The van der Waals surface area contributed by atoms with Crippen LogP contribution in [0.1, 0.15) is 13.3 Å². The molecule has 0 aliphatic carbocycles. The summed E-state index contributed by atoms with van der Waals surface area (Å²) in [6.07, 6.45) is 0.855. The van der Waals surface area contributed by atoms with E-state index in [0.717, 1.165) is 25.2 Å². The lowest BCUT2D eigenvalue weighted by molar-refractivity contribution is -0.0148. The maximum atomic E-state index is 8.53. The minimum atomic E-state index is 0.376. The first-order valence-corrected chi connectivity index (χ1v) is 3.76. The van der Waals surface area contributed by atoms with E-state index >= 15 is 0 Å². The molecule has 2 N–H and O–H groups in total. The molecule has 3 heteroatoms. The molecule has 0 bridgehead atoms. The first-order chi connectivity index (χ1) is 5.29. The van der Waals surface area contributed by atoms with Crippen LogP contribution in [0.15, 0.2) is 11.3 Å². The predicted octanol–water partition coefficient (Wildman–Crippen LogP) is 0.779. The smallest absolute Gasteiger partial charge is 0.117 e. The molecule has 0 aromatic rings. The van der Waals surface area contributed by atoms with Crippen LogP contribution in [0.25, 0.3) is 0 Å². The second-order valence-corrected chi connectivity index (χ2v) is 2.64. The lowest BCUT2D eigenvalue weighted by Gasteiger charge is -2.28. The monoisotopic (exact) mass is 152 g/mol. The van der Waals surface area contributed by atoms with Gasteiger partial charge in [0, 0.05) is 5.92 Å². The van der Waals surface area contributed by atoms with Gasteiger partial charge in [0.05, 0.1) is 13.2 Å². The Labute approximate surface area is 66.4 Å². The Morgan fingerprint density at radius 1 is 1.73 bits per heavy atom. The van der Waals surface area contributed by atoms with Gasteiger partial charge < -0.3 is 10.5 Å². The van der Waals surface area contributed by atoms with Crippen LogP contribution in [0.2, 0.25) is 0 Å². The number of hydrogen-bond acceptors (Lipinski definition) is 3. The van der Waals surface area contributed by atoms with Gasteiger partial charge in [0.15, 0.2) is 0 Å². The van der Waals surface area contributed by atoms with Crippen LogP contribution in [-0.4, -0.2) is 13.2 Å². The number of nitrogens with zero attached hydrogens (tertiary/aromatic N) is 1. The van der Waals surface area contributed by atoms with Crippen molar-refractivity contribution in [3.05, 3.63) is 11.3 Å². The van der Waals surface area contributed by atoms with Crippen LogP contribution < -0.4 is 5.73 Å². The van der Waals surface area contributed by atoms with Gasteiger partial charge in [-0.3, -0.25) is 0 Å². The summed E-state index contributed by atoms with van der Waals surface area (Å²) in [6, 6.07) is 1.97. The second-order valence-electron chi connectivity index (χ2n) is 2.64. The van der Waals surface area contributed by atoms with E-state index in [4.69, 9.17) is 15.7 Å². The number of hydrogen-bond donors (Lipinski definition) is 1. The van der Waals surface area contributed by atoms with Gasteiger partial charge in [-0.25, -0.2) is 0 Å². The fourth-order valence-electron chi connectivity index (χ4n) is 1.21. The van der Waals surface area contributed by atoms with Gasteiger partial charge in [0.2, 0.25) is 0 Å². The molecule has 3 nitrogen and oxygen atoms in total. The summed E-state index contributed by atoms with van der Waals surface area (Å²) >= 11 is 0. The molecule has 0 saturated carbocycles. The van der Waals surface area contributed by atoms with Crippen molar-refractivity contribution < 1.29 is 4.74 Å². The van der Waals surface area contributed by atoms with E-state index in [9.17, 15) is 0 Å². The predicted molar refractivity (Wildman–Crippen MR) is 41.4 cm³/mol. The van der Waals surface area contributed by atoms with Crippen molar-refractivity contribution in [2.75, 3.05) is 13.2 Å². The fraction of sp³-hybridized carbons (Fsp3) is 0.625. The van der Waals surface area contributed by atoms with E-state index in [2.05, 4.69) is 0 Å². The van der Waals surface area contributed by atoms with Gasteiger partial charge >= 0.3 is 0 Å². The average Bonchev–Trinajstić information content (AvgIpc) is 1.94. The largest absolute Gasteiger partial charge is 0.390 e. The van der Waals surface area contributed by atoms with Gasteiger partial charge in [-0.05, 0) is 12.0 Å². The van der Waals surface area contributed by atoms with E-state index in [-0.39, 0.29) is 0 Å². The van der Waals surface area contributed by atoms with Crippen LogP contribution in [0.4, 0.5) is 0 Å². The molecule has 0 aromatic carbocycles. The first kappa shape index (κ1) is 8.09. The Balaban J connectivity index is 2.69. The summed E-state index contributed by atoms with van der Waals surface area (Å²) in [4.78, 5) is 0. The molecule has 0 radical (unpaired) electrons. The maximum Gasteiger partial charge on any atom is 0.117 e. The summed E-state index contributed by atoms with van der Waals surface area (Å²) in [5, 5.41) is 8.53. The lowest BCUT2D eigenvalue weighted by atomic mass is 9.94.